The number of thiocarbonyl (C=S) groups is 1. The zero-order valence-electron chi connectivity index (χ0n) is 11.7. The SMILES string of the molecule is CC1CC(C)C(C)N(c2ccc(C(N)=S)c(Br)c2)C1. The summed E-state index contributed by atoms with van der Waals surface area (Å²) in [6.45, 7) is 8.09. The highest BCUT2D eigenvalue weighted by molar-refractivity contribution is 9.10. The molecule has 104 valence electrons. The molecule has 1 aromatic carbocycles. The van der Waals surface area contributed by atoms with Gasteiger partial charge in [-0.3, -0.25) is 0 Å². The van der Waals surface area contributed by atoms with Crippen molar-refractivity contribution in [2.75, 3.05) is 11.4 Å². The molecule has 2 N–H and O–H groups in total. The highest BCUT2D eigenvalue weighted by Gasteiger charge is 2.29. The number of benzene rings is 1. The first-order valence-electron chi connectivity index (χ1n) is 6.76. The molecule has 1 aliphatic rings. The van der Waals surface area contributed by atoms with Crippen molar-refractivity contribution in [1.29, 1.82) is 0 Å². The molecule has 19 heavy (non-hydrogen) atoms. The van der Waals surface area contributed by atoms with Crippen LogP contribution in [0.25, 0.3) is 0 Å². The highest BCUT2D eigenvalue weighted by atomic mass is 79.9. The van der Waals surface area contributed by atoms with Gasteiger partial charge in [-0.15, -0.1) is 0 Å². The standard InChI is InChI=1S/C15H21BrN2S/c1-9-6-10(2)11(3)18(8-9)12-4-5-13(15(17)19)14(16)7-12/h4-5,7,9-11H,6,8H2,1-3H3,(H2,17,19). The van der Waals surface area contributed by atoms with Crippen LogP contribution < -0.4 is 10.6 Å². The Labute approximate surface area is 129 Å². The molecule has 1 heterocycles. The molecule has 1 fully saturated rings. The van der Waals surface area contributed by atoms with Gasteiger partial charge in [0.05, 0.1) is 0 Å². The number of piperidine rings is 1. The molecule has 2 nitrogen and oxygen atoms in total. The zero-order chi connectivity index (χ0) is 14.2. The molecule has 3 atom stereocenters. The second-order valence-electron chi connectivity index (χ2n) is 5.74. The summed E-state index contributed by atoms with van der Waals surface area (Å²) in [6.07, 6.45) is 1.31. The van der Waals surface area contributed by atoms with E-state index in [1.54, 1.807) is 0 Å². The third-order valence-electron chi connectivity index (χ3n) is 4.15. The molecule has 0 bridgehead atoms. The quantitative estimate of drug-likeness (QED) is 0.826. The van der Waals surface area contributed by atoms with Crippen LogP contribution in [-0.4, -0.2) is 17.6 Å². The van der Waals surface area contributed by atoms with Crippen LogP contribution in [0.3, 0.4) is 0 Å². The van der Waals surface area contributed by atoms with E-state index in [0.29, 0.717) is 11.0 Å². The summed E-state index contributed by atoms with van der Waals surface area (Å²) in [7, 11) is 0. The molecular formula is C15H21BrN2S. The van der Waals surface area contributed by atoms with Crippen LogP contribution >= 0.6 is 28.1 Å². The first-order chi connectivity index (χ1) is 8.90. The van der Waals surface area contributed by atoms with E-state index in [1.807, 2.05) is 6.07 Å². The average molecular weight is 341 g/mol. The lowest BCUT2D eigenvalue weighted by atomic mass is 9.85. The van der Waals surface area contributed by atoms with Crippen molar-refractivity contribution in [3.8, 4) is 0 Å². The van der Waals surface area contributed by atoms with E-state index in [1.165, 1.54) is 12.1 Å². The van der Waals surface area contributed by atoms with Crippen LogP contribution in [0.1, 0.15) is 32.8 Å². The van der Waals surface area contributed by atoms with Gasteiger partial charge >= 0.3 is 0 Å². The smallest absolute Gasteiger partial charge is 0.105 e. The summed E-state index contributed by atoms with van der Waals surface area (Å²) in [5, 5.41) is 0. The van der Waals surface area contributed by atoms with Crippen LogP contribution in [0, 0.1) is 11.8 Å². The first kappa shape index (κ1) is 14.8. The van der Waals surface area contributed by atoms with Crippen LogP contribution in [-0.2, 0) is 0 Å². The van der Waals surface area contributed by atoms with Crippen molar-refractivity contribution in [3.63, 3.8) is 0 Å². The van der Waals surface area contributed by atoms with Crippen molar-refractivity contribution in [1.82, 2.24) is 0 Å². The second kappa shape index (κ2) is 5.80. The van der Waals surface area contributed by atoms with Crippen molar-refractivity contribution < 1.29 is 0 Å². The number of halogens is 1. The maximum absolute atomic E-state index is 5.70. The van der Waals surface area contributed by atoms with Gasteiger partial charge in [0.25, 0.3) is 0 Å². The number of hydrogen-bond acceptors (Lipinski definition) is 2. The lowest BCUT2D eigenvalue weighted by Crippen LogP contribution is -2.45. The van der Waals surface area contributed by atoms with Gasteiger partial charge in [0.1, 0.15) is 4.99 Å². The summed E-state index contributed by atoms with van der Waals surface area (Å²) < 4.78 is 0.982. The molecule has 1 aliphatic heterocycles. The predicted molar refractivity (Wildman–Crippen MR) is 89.8 cm³/mol. The average Bonchev–Trinajstić information content (AvgIpc) is 2.33. The van der Waals surface area contributed by atoms with Crippen molar-refractivity contribution in [2.45, 2.75) is 33.2 Å². The maximum atomic E-state index is 5.70. The maximum Gasteiger partial charge on any atom is 0.105 e. The van der Waals surface area contributed by atoms with Gasteiger partial charge in [-0.1, -0.05) is 26.1 Å². The van der Waals surface area contributed by atoms with Gasteiger partial charge in [-0.2, -0.15) is 0 Å². The van der Waals surface area contributed by atoms with Gasteiger partial charge in [-0.25, -0.2) is 0 Å². The van der Waals surface area contributed by atoms with Crippen LogP contribution in [0.4, 0.5) is 5.69 Å². The van der Waals surface area contributed by atoms with Gasteiger partial charge < -0.3 is 10.6 Å². The number of hydrogen-bond donors (Lipinski definition) is 1. The Bertz CT molecular complexity index is 489. The minimum Gasteiger partial charge on any atom is -0.389 e. The molecule has 0 aliphatic carbocycles. The highest BCUT2D eigenvalue weighted by Crippen LogP contribution is 2.33. The molecule has 0 amide bonds. The van der Waals surface area contributed by atoms with E-state index in [4.69, 9.17) is 18.0 Å². The fraction of sp³-hybridized carbons (Fsp3) is 0.533. The van der Waals surface area contributed by atoms with E-state index in [2.05, 4.69) is 53.7 Å². The zero-order valence-corrected chi connectivity index (χ0v) is 14.1. The summed E-state index contributed by atoms with van der Waals surface area (Å²) in [4.78, 5) is 2.93. The number of rotatable bonds is 2. The first-order valence-corrected chi connectivity index (χ1v) is 7.96. The Kier molecular flexibility index (Phi) is 4.51. The lowest BCUT2D eigenvalue weighted by molar-refractivity contribution is 0.297. The summed E-state index contributed by atoms with van der Waals surface area (Å²) >= 11 is 8.61. The van der Waals surface area contributed by atoms with E-state index in [-0.39, 0.29) is 0 Å². The molecule has 1 saturated heterocycles. The lowest BCUT2D eigenvalue weighted by Gasteiger charge is -2.42. The van der Waals surface area contributed by atoms with Crippen molar-refractivity contribution in [2.24, 2.45) is 17.6 Å². The monoisotopic (exact) mass is 340 g/mol. The van der Waals surface area contributed by atoms with E-state index < -0.39 is 0 Å². The number of nitrogens with zero attached hydrogens (tertiary/aromatic N) is 1. The molecule has 0 spiro atoms. The Morgan fingerprint density at radius 1 is 1.37 bits per heavy atom. The number of anilines is 1. The minimum absolute atomic E-state index is 0.437. The van der Waals surface area contributed by atoms with E-state index in [9.17, 15) is 0 Å². The van der Waals surface area contributed by atoms with Crippen LogP contribution in [0.15, 0.2) is 22.7 Å². The minimum atomic E-state index is 0.437. The summed E-state index contributed by atoms with van der Waals surface area (Å²) in [6, 6.07) is 6.84. The number of nitrogens with two attached hydrogens (primary N) is 1. The predicted octanol–water partition coefficient (Wildman–Crippen LogP) is 3.95. The molecule has 0 saturated carbocycles. The second-order valence-corrected chi connectivity index (χ2v) is 7.03. The molecule has 2 rings (SSSR count). The van der Waals surface area contributed by atoms with E-state index >= 15 is 0 Å². The van der Waals surface area contributed by atoms with Crippen LogP contribution in [0.2, 0.25) is 0 Å². The van der Waals surface area contributed by atoms with Crippen molar-refractivity contribution in [3.05, 3.63) is 28.2 Å². The molecule has 3 unspecified atom stereocenters. The normalized spacial score (nSPS) is 27.4. The summed E-state index contributed by atoms with van der Waals surface area (Å²) in [5.41, 5.74) is 7.86. The van der Waals surface area contributed by atoms with Gasteiger partial charge in [-0.05, 0) is 59.3 Å². The van der Waals surface area contributed by atoms with Gasteiger partial charge in [0.15, 0.2) is 0 Å². The van der Waals surface area contributed by atoms with Crippen LogP contribution in [0.5, 0.6) is 0 Å². The van der Waals surface area contributed by atoms with E-state index in [0.717, 1.165) is 28.4 Å². The molecule has 4 heteroatoms. The Hall–Kier alpha value is -0.610. The Balaban J connectivity index is 2.31. The third-order valence-corrected chi connectivity index (χ3v) is 5.02. The third kappa shape index (κ3) is 3.11. The topological polar surface area (TPSA) is 29.3 Å². The van der Waals surface area contributed by atoms with Crippen molar-refractivity contribution >= 4 is 38.8 Å². The molecule has 0 aromatic heterocycles. The Morgan fingerprint density at radius 3 is 2.63 bits per heavy atom. The fourth-order valence-corrected chi connectivity index (χ4v) is 3.83. The van der Waals surface area contributed by atoms with Gasteiger partial charge in [0.2, 0.25) is 0 Å². The van der Waals surface area contributed by atoms with Gasteiger partial charge in [0, 0.05) is 28.3 Å². The molecular weight excluding hydrogens is 320 g/mol. The Morgan fingerprint density at radius 2 is 2.05 bits per heavy atom. The fourth-order valence-electron chi connectivity index (χ4n) is 2.94. The summed E-state index contributed by atoms with van der Waals surface area (Å²) in [5.74, 6) is 1.46. The largest absolute Gasteiger partial charge is 0.389 e. The molecule has 0 radical (unpaired) electrons. The molecule has 1 aromatic rings.